The van der Waals surface area contributed by atoms with E-state index in [1.165, 1.54) is 0 Å². The number of amides is 1. The Morgan fingerprint density at radius 1 is 1.04 bits per heavy atom. The highest BCUT2D eigenvalue weighted by atomic mass is 16.5. The van der Waals surface area contributed by atoms with Gasteiger partial charge < -0.3 is 15.0 Å². The molecule has 6 heteroatoms. The van der Waals surface area contributed by atoms with Crippen molar-refractivity contribution in [3.8, 4) is 5.75 Å². The van der Waals surface area contributed by atoms with Crippen molar-refractivity contribution < 1.29 is 9.53 Å². The third kappa shape index (κ3) is 4.54. The van der Waals surface area contributed by atoms with Crippen LogP contribution in [0.2, 0.25) is 0 Å². The lowest BCUT2D eigenvalue weighted by molar-refractivity contribution is -0.116. The number of para-hydroxylation sites is 2. The first-order valence-electron chi connectivity index (χ1n) is 9.11. The summed E-state index contributed by atoms with van der Waals surface area (Å²) in [4.78, 5) is 24.0. The summed E-state index contributed by atoms with van der Waals surface area (Å²) in [6, 6.07) is 19.0. The summed E-state index contributed by atoms with van der Waals surface area (Å²) in [5.41, 5.74) is 3.64. The second-order valence-corrected chi connectivity index (χ2v) is 6.42. The average molecular weight is 372 g/mol. The Bertz CT molecular complexity index is 1040. The van der Waals surface area contributed by atoms with E-state index in [1.807, 2.05) is 60.7 Å². The smallest absolute Gasteiger partial charge is 0.224 e. The predicted molar refractivity (Wildman–Crippen MR) is 108 cm³/mol. The molecule has 0 unspecified atom stereocenters. The molecule has 0 aliphatic heterocycles. The summed E-state index contributed by atoms with van der Waals surface area (Å²) in [7, 11) is 0. The molecule has 2 aromatic heterocycles. The third-order valence-electron chi connectivity index (χ3n) is 4.30. The van der Waals surface area contributed by atoms with Crippen LogP contribution in [-0.4, -0.2) is 20.9 Å². The molecular weight excluding hydrogens is 352 g/mol. The van der Waals surface area contributed by atoms with Crippen molar-refractivity contribution in [3.05, 3.63) is 84.4 Å². The number of aromatic amines is 1. The van der Waals surface area contributed by atoms with Gasteiger partial charge in [0.05, 0.1) is 11.0 Å². The second-order valence-electron chi connectivity index (χ2n) is 6.42. The molecule has 4 rings (SSSR count). The van der Waals surface area contributed by atoms with Crippen LogP contribution in [0.4, 0.5) is 5.69 Å². The zero-order chi connectivity index (χ0) is 19.2. The maximum Gasteiger partial charge on any atom is 0.224 e. The average Bonchev–Trinajstić information content (AvgIpc) is 3.15. The summed E-state index contributed by atoms with van der Waals surface area (Å²) in [5, 5.41) is 2.91. The number of pyridine rings is 1. The largest absolute Gasteiger partial charge is 0.489 e. The number of anilines is 1. The lowest BCUT2D eigenvalue weighted by Gasteiger charge is -2.09. The highest BCUT2D eigenvalue weighted by molar-refractivity contribution is 5.91. The lowest BCUT2D eigenvalue weighted by Crippen LogP contribution is -2.12. The van der Waals surface area contributed by atoms with Gasteiger partial charge in [0.2, 0.25) is 5.91 Å². The molecule has 0 aliphatic rings. The number of nitrogens with one attached hydrogen (secondary N) is 2. The molecule has 140 valence electrons. The van der Waals surface area contributed by atoms with E-state index in [4.69, 9.17) is 4.74 Å². The van der Waals surface area contributed by atoms with Crippen LogP contribution in [0.25, 0.3) is 11.0 Å². The Morgan fingerprint density at radius 3 is 2.75 bits per heavy atom. The number of hydrogen-bond acceptors (Lipinski definition) is 4. The molecule has 0 fully saturated rings. The Balaban J connectivity index is 1.31. The molecule has 0 bridgehead atoms. The molecule has 6 nitrogen and oxygen atoms in total. The normalized spacial score (nSPS) is 10.7. The van der Waals surface area contributed by atoms with E-state index < -0.39 is 0 Å². The van der Waals surface area contributed by atoms with Crippen LogP contribution in [0, 0.1) is 0 Å². The van der Waals surface area contributed by atoms with E-state index in [9.17, 15) is 4.79 Å². The number of carbonyl (C=O) groups is 1. The standard InChI is InChI=1S/C22H20N4O2/c27-22(9-8-21-25-19-6-1-2-7-20(19)26-21)24-17-4-3-5-18(14-17)28-15-16-10-12-23-13-11-16/h1-7,10-14H,8-9,15H2,(H,24,27)(H,25,26). The molecule has 0 aliphatic carbocycles. The van der Waals surface area contributed by atoms with Gasteiger partial charge in [0.1, 0.15) is 18.2 Å². The molecular formula is C22H20N4O2. The molecule has 2 aromatic carbocycles. The van der Waals surface area contributed by atoms with Gasteiger partial charge in [-0.2, -0.15) is 0 Å². The first-order chi connectivity index (χ1) is 13.8. The van der Waals surface area contributed by atoms with Gasteiger partial charge in [-0.25, -0.2) is 4.98 Å². The number of fused-ring (bicyclic) bond motifs is 1. The maximum atomic E-state index is 12.3. The number of hydrogen-bond donors (Lipinski definition) is 2. The van der Waals surface area contributed by atoms with Crippen LogP contribution in [-0.2, 0) is 17.8 Å². The monoisotopic (exact) mass is 372 g/mol. The quantitative estimate of drug-likeness (QED) is 0.512. The van der Waals surface area contributed by atoms with Crippen LogP contribution < -0.4 is 10.1 Å². The Labute approximate surface area is 162 Å². The summed E-state index contributed by atoms with van der Waals surface area (Å²) in [6.07, 6.45) is 4.37. The van der Waals surface area contributed by atoms with Gasteiger partial charge in [0.25, 0.3) is 0 Å². The van der Waals surface area contributed by atoms with Crippen molar-refractivity contribution >= 4 is 22.6 Å². The molecule has 1 amide bonds. The summed E-state index contributed by atoms with van der Waals surface area (Å²) >= 11 is 0. The van der Waals surface area contributed by atoms with Crippen molar-refractivity contribution in [3.63, 3.8) is 0 Å². The van der Waals surface area contributed by atoms with Crippen LogP contribution in [0.15, 0.2) is 73.1 Å². The fraction of sp³-hybridized carbons (Fsp3) is 0.136. The van der Waals surface area contributed by atoms with Crippen molar-refractivity contribution in [2.75, 3.05) is 5.32 Å². The van der Waals surface area contributed by atoms with Crippen molar-refractivity contribution in [2.45, 2.75) is 19.4 Å². The van der Waals surface area contributed by atoms with E-state index in [-0.39, 0.29) is 5.91 Å². The summed E-state index contributed by atoms with van der Waals surface area (Å²) in [5.74, 6) is 1.45. The van der Waals surface area contributed by atoms with E-state index >= 15 is 0 Å². The molecule has 2 N–H and O–H groups in total. The molecule has 0 saturated heterocycles. The highest BCUT2D eigenvalue weighted by Gasteiger charge is 2.07. The molecule has 0 spiro atoms. The number of aryl methyl sites for hydroxylation is 1. The van der Waals surface area contributed by atoms with Crippen LogP contribution in [0.1, 0.15) is 17.8 Å². The third-order valence-corrected chi connectivity index (χ3v) is 4.30. The highest BCUT2D eigenvalue weighted by Crippen LogP contribution is 2.19. The Hall–Kier alpha value is -3.67. The Morgan fingerprint density at radius 2 is 1.89 bits per heavy atom. The fourth-order valence-corrected chi connectivity index (χ4v) is 2.89. The molecule has 0 saturated carbocycles. The van der Waals surface area contributed by atoms with E-state index in [1.54, 1.807) is 12.4 Å². The lowest BCUT2D eigenvalue weighted by atomic mass is 10.2. The van der Waals surface area contributed by atoms with E-state index in [2.05, 4.69) is 20.3 Å². The van der Waals surface area contributed by atoms with Gasteiger partial charge >= 0.3 is 0 Å². The fourth-order valence-electron chi connectivity index (χ4n) is 2.89. The summed E-state index contributed by atoms with van der Waals surface area (Å²) < 4.78 is 5.78. The molecule has 4 aromatic rings. The molecule has 2 heterocycles. The van der Waals surface area contributed by atoms with Gasteiger partial charge in [0.15, 0.2) is 0 Å². The minimum absolute atomic E-state index is 0.0632. The SMILES string of the molecule is O=C(CCc1nc2ccccc2[nH]1)Nc1cccc(OCc2ccncc2)c1. The number of carbonyl (C=O) groups excluding carboxylic acids is 1. The predicted octanol–water partition coefficient (Wildman–Crippen LogP) is 4.11. The zero-order valence-corrected chi connectivity index (χ0v) is 15.3. The van der Waals surface area contributed by atoms with Crippen LogP contribution >= 0.6 is 0 Å². The Kier molecular flexibility index (Phi) is 5.29. The van der Waals surface area contributed by atoms with Gasteiger partial charge in [-0.3, -0.25) is 9.78 Å². The second kappa shape index (κ2) is 8.35. The van der Waals surface area contributed by atoms with Gasteiger partial charge in [-0.1, -0.05) is 18.2 Å². The number of benzene rings is 2. The molecule has 28 heavy (non-hydrogen) atoms. The maximum absolute atomic E-state index is 12.3. The zero-order valence-electron chi connectivity index (χ0n) is 15.3. The van der Waals surface area contributed by atoms with Gasteiger partial charge in [-0.05, 0) is 42.0 Å². The van der Waals surface area contributed by atoms with Crippen molar-refractivity contribution in [2.24, 2.45) is 0 Å². The van der Waals surface area contributed by atoms with Gasteiger partial charge in [-0.15, -0.1) is 0 Å². The number of aromatic nitrogens is 3. The van der Waals surface area contributed by atoms with Crippen molar-refractivity contribution in [1.82, 2.24) is 15.0 Å². The van der Waals surface area contributed by atoms with E-state index in [0.717, 1.165) is 22.4 Å². The van der Waals surface area contributed by atoms with Crippen LogP contribution in [0.3, 0.4) is 0 Å². The first kappa shape index (κ1) is 17.7. The van der Waals surface area contributed by atoms with Crippen LogP contribution in [0.5, 0.6) is 5.75 Å². The topological polar surface area (TPSA) is 79.9 Å². The molecule has 0 atom stereocenters. The first-order valence-corrected chi connectivity index (χ1v) is 9.11. The number of imidazole rings is 1. The van der Waals surface area contributed by atoms with Crippen molar-refractivity contribution in [1.29, 1.82) is 0 Å². The van der Waals surface area contributed by atoms with E-state index in [0.29, 0.717) is 30.9 Å². The number of nitrogens with zero attached hydrogens (tertiary/aromatic N) is 2. The summed E-state index contributed by atoms with van der Waals surface area (Å²) in [6.45, 7) is 0.450. The minimum Gasteiger partial charge on any atom is -0.489 e. The number of rotatable bonds is 7. The molecule has 0 radical (unpaired) electrons. The van der Waals surface area contributed by atoms with Gasteiger partial charge in [0, 0.05) is 37.0 Å². The minimum atomic E-state index is -0.0632. The number of H-pyrrole nitrogens is 1. The number of ether oxygens (including phenoxy) is 1.